The zero-order valence-corrected chi connectivity index (χ0v) is 16.2. The van der Waals surface area contributed by atoms with E-state index < -0.39 is 0 Å². The van der Waals surface area contributed by atoms with Crippen LogP contribution in [0.1, 0.15) is 74.5 Å². The Morgan fingerprint density at radius 1 is 1.08 bits per heavy atom. The van der Waals surface area contributed by atoms with E-state index in [0.29, 0.717) is 17.3 Å². The molecule has 3 heteroatoms. The number of carbonyl (C=O) groups excluding carboxylic acids is 1. The Kier molecular flexibility index (Phi) is 4.96. The van der Waals surface area contributed by atoms with Crippen molar-refractivity contribution < 1.29 is 9.90 Å². The summed E-state index contributed by atoms with van der Waals surface area (Å²) in [6.07, 6.45) is 9.64. The number of hydrogen-bond donors (Lipinski definition) is 1. The van der Waals surface area contributed by atoms with Gasteiger partial charge in [0, 0.05) is 16.9 Å². The Morgan fingerprint density at radius 3 is 2.46 bits per heavy atom. The molecule has 1 aromatic carbocycles. The first kappa shape index (κ1) is 17.9. The van der Waals surface area contributed by atoms with Crippen LogP contribution in [-0.2, 0) is 11.2 Å². The van der Waals surface area contributed by atoms with Crippen LogP contribution in [0.25, 0.3) is 5.57 Å². The Bertz CT molecular complexity index is 781. The monoisotopic (exact) mass is 370 g/mol. The number of carbonyl (C=O) groups is 1. The molecule has 1 aromatic rings. The summed E-state index contributed by atoms with van der Waals surface area (Å²) in [7, 11) is 0. The van der Waals surface area contributed by atoms with Crippen LogP contribution in [0.4, 0.5) is 0 Å². The third-order valence-corrected chi connectivity index (χ3v) is 6.94. The largest absolute Gasteiger partial charge is 0.511 e. The average Bonchev–Trinajstić information content (AvgIpc) is 2.86. The molecule has 0 heterocycles. The van der Waals surface area contributed by atoms with Gasteiger partial charge in [0.25, 0.3) is 0 Å². The molecular weight excluding hydrogens is 344 g/mol. The molecule has 1 atom stereocenters. The average molecular weight is 371 g/mol. The number of aliphatic hydroxyl groups is 1. The Labute approximate surface area is 160 Å². The highest BCUT2D eigenvalue weighted by atomic mass is 35.5. The SMILES string of the molecule is CCc1ccc(C2CC=C(Cl)CC2)cc1C1=C(O)C2CCC(CC2)C1=O. The summed E-state index contributed by atoms with van der Waals surface area (Å²) in [4.78, 5) is 13.2. The van der Waals surface area contributed by atoms with Gasteiger partial charge in [-0.3, -0.25) is 4.79 Å². The van der Waals surface area contributed by atoms with E-state index in [1.54, 1.807) is 0 Å². The molecule has 0 aromatic heterocycles. The van der Waals surface area contributed by atoms with Crippen molar-refractivity contribution in [3.63, 3.8) is 0 Å². The summed E-state index contributed by atoms with van der Waals surface area (Å²) in [5.41, 5.74) is 4.03. The van der Waals surface area contributed by atoms with Gasteiger partial charge in [0.1, 0.15) is 5.76 Å². The highest BCUT2D eigenvalue weighted by Gasteiger charge is 2.38. The normalized spacial score (nSPS) is 28.9. The molecule has 138 valence electrons. The number of aliphatic hydroxyl groups excluding tert-OH is 1. The zero-order valence-electron chi connectivity index (χ0n) is 15.4. The summed E-state index contributed by atoms with van der Waals surface area (Å²) in [5.74, 6) is 1.23. The van der Waals surface area contributed by atoms with Crippen molar-refractivity contribution in [2.24, 2.45) is 11.8 Å². The summed E-state index contributed by atoms with van der Waals surface area (Å²) in [6, 6.07) is 6.54. The lowest BCUT2D eigenvalue weighted by Crippen LogP contribution is -2.18. The number of fused-ring (bicyclic) bond motifs is 3. The molecule has 1 fully saturated rings. The van der Waals surface area contributed by atoms with Crippen molar-refractivity contribution in [1.82, 2.24) is 0 Å². The highest BCUT2D eigenvalue weighted by molar-refractivity contribution is 6.29. The highest BCUT2D eigenvalue weighted by Crippen LogP contribution is 2.44. The number of benzene rings is 1. The van der Waals surface area contributed by atoms with Gasteiger partial charge in [-0.2, -0.15) is 0 Å². The van der Waals surface area contributed by atoms with Gasteiger partial charge < -0.3 is 5.11 Å². The second-order valence-corrected chi connectivity index (χ2v) is 8.55. The summed E-state index contributed by atoms with van der Waals surface area (Å²) < 4.78 is 0. The van der Waals surface area contributed by atoms with Gasteiger partial charge in [-0.05, 0) is 74.0 Å². The van der Waals surface area contributed by atoms with Crippen molar-refractivity contribution in [3.05, 3.63) is 51.8 Å². The molecule has 2 nitrogen and oxygen atoms in total. The second-order valence-electron chi connectivity index (χ2n) is 8.07. The van der Waals surface area contributed by atoms with Crippen LogP contribution < -0.4 is 0 Å². The van der Waals surface area contributed by atoms with Gasteiger partial charge in [0.05, 0.1) is 5.57 Å². The van der Waals surface area contributed by atoms with Crippen LogP contribution in [0.15, 0.2) is 35.1 Å². The maximum Gasteiger partial charge on any atom is 0.169 e. The third kappa shape index (κ3) is 3.13. The van der Waals surface area contributed by atoms with Gasteiger partial charge in [0.15, 0.2) is 5.78 Å². The molecule has 0 aliphatic heterocycles. The fourth-order valence-corrected chi connectivity index (χ4v) is 5.13. The van der Waals surface area contributed by atoms with Gasteiger partial charge in [-0.15, -0.1) is 0 Å². The van der Waals surface area contributed by atoms with E-state index in [1.807, 2.05) is 0 Å². The first-order valence-corrected chi connectivity index (χ1v) is 10.4. The Hall–Kier alpha value is -1.54. The van der Waals surface area contributed by atoms with E-state index in [-0.39, 0.29) is 17.6 Å². The maximum atomic E-state index is 13.2. The predicted molar refractivity (Wildman–Crippen MR) is 106 cm³/mol. The number of aryl methyl sites for hydroxylation is 1. The van der Waals surface area contributed by atoms with Crippen LogP contribution in [0.3, 0.4) is 0 Å². The quantitative estimate of drug-likeness (QED) is 0.678. The molecule has 2 bridgehead atoms. The van der Waals surface area contributed by atoms with E-state index in [0.717, 1.165) is 67.5 Å². The van der Waals surface area contributed by atoms with Crippen molar-refractivity contribution in [2.45, 2.75) is 64.2 Å². The van der Waals surface area contributed by atoms with Gasteiger partial charge in [0.2, 0.25) is 0 Å². The van der Waals surface area contributed by atoms with Gasteiger partial charge >= 0.3 is 0 Å². The van der Waals surface area contributed by atoms with Gasteiger partial charge in [-0.25, -0.2) is 0 Å². The third-order valence-electron chi connectivity index (χ3n) is 6.60. The predicted octanol–water partition coefficient (Wildman–Crippen LogP) is 6.30. The van der Waals surface area contributed by atoms with Crippen molar-refractivity contribution in [1.29, 1.82) is 0 Å². The van der Waals surface area contributed by atoms with Crippen LogP contribution in [0, 0.1) is 11.8 Å². The number of allylic oxidation sites excluding steroid dienone is 4. The van der Waals surface area contributed by atoms with E-state index in [4.69, 9.17) is 11.6 Å². The zero-order chi connectivity index (χ0) is 18.3. The summed E-state index contributed by atoms with van der Waals surface area (Å²) in [5, 5.41) is 11.9. The molecular formula is C23H27ClO2. The summed E-state index contributed by atoms with van der Waals surface area (Å²) >= 11 is 6.14. The molecule has 5 rings (SSSR count). The van der Waals surface area contributed by atoms with E-state index in [2.05, 4.69) is 31.2 Å². The summed E-state index contributed by atoms with van der Waals surface area (Å²) in [6.45, 7) is 2.12. The minimum atomic E-state index is 0.0932. The lowest BCUT2D eigenvalue weighted by atomic mass is 9.82. The van der Waals surface area contributed by atoms with Crippen molar-refractivity contribution >= 4 is 23.0 Å². The number of halogens is 1. The van der Waals surface area contributed by atoms with Crippen LogP contribution in [0.2, 0.25) is 0 Å². The number of ketones is 1. The van der Waals surface area contributed by atoms with E-state index >= 15 is 0 Å². The molecule has 0 radical (unpaired) electrons. The fourth-order valence-electron chi connectivity index (χ4n) is 4.93. The Balaban J connectivity index is 1.78. The molecule has 1 saturated carbocycles. The number of hydrogen-bond acceptors (Lipinski definition) is 2. The van der Waals surface area contributed by atoms with Crippen LogP contribution >= 0.6 is 11.6 Å². The molecule has 4 aliphatic carbocycles. The van der Waals surface area contributed by atoms with Crippen LogP contribution in [-0.4, -0.2) is 10.9 Å². The number of Topliss-reactive ketones (excluding diaryl/α,β-unsaturated/α-hetero) is 1. The van der Waals surface area contributed by atoms with Crippen LogP contribution in [0.5, 0.6) is 0 Å². The molecule has 4 aliphatic rings. The topological polar surface area (TPSA) is 37.3 Å². The minimum Gasteiger partial charge on any atom is -0.511 e. The van der Waals surface area contributed by atoms with E-state index in [9.17, 15) is 9.90 Å². The molecule has 26 heavy (non-hydrogen) atoms. The van der Waals surface area contributed by atoms with E-state index in [1.165, 1.54) is 5.56 Å². The van der Waals surface area contributed by atoms with Gasteiger partial charge in [-0.1, -0.05) is 42.8 Å². The molecule has 0 amide bonds. The maximum absolute atomic E-state index is 13.2. The first-order valence-electron chi connectivity index (χ1n) is 10.0. The smallest absolute Gasteiger partial charge is 0.169 e. The number of rotatable bonds is 3. The molecule has 1 unspecified atom stereocenters. The molecule has 0 saturated heterocycles. The lowest BCUT2D eigenvalue weighted by molar-refractivity contribution is -0.117. The second kappa shape index (κ2) is 7.23. The molecule has 0 spiro atoms. The standard InChI is InChI=1S/C23H27ClO2/c1-2-14-3-8-18(15-9-11-19(24)12-10-15)13-20(14)21-22(25)16-4-5-17(7-6-16)23(21)26/h3,8,11,13,15-17,25H,2,4-7,9-10,12H2,1H3. The fraction of sp³-hybridized carbons (Fsp3) is 0.522. The van der Waals surface area contributed by atoms with Crippen molar-refractivity contribution in [2.75, 3.05) is 0 Å². The lowest BCUT2D eigenvalue weighted by Gasteiger charge is -2.22. The van der Waals surface area contributed by atoms with Crippen molar-refractivity contribution in [3.8, 4) is 0 Å². The Morgan fingerprint density at radius 2 is 1.81 bits per heavy atom. The first-order chi connectivity index (χ1) is 12.6. The molecule has 1 N–H and O–H groups in total. The minimum absolute atomic E-state index is 0.0932.